The van der Waals surface area contributed by atoms with Crippen molar-refractivity contribution < 1.29 is 18.0 Å². The number of piperidine rings is 1. The average Bonchev–Trinajstić information content (AvgIpc) is 2.38. The largest absolute Gasteiger partial charge is 0.396 e. The van der Waals surface area contributed by atoms with Crippen molar-refractivity contribution in [2.24, 2.45) is 11.7 Å². The van der Waals surface area contributed by atoms with E-state index in [1.54, 1.807) is 17.0 Å². The highest BCUT2D eigenvalue weighted by atomic mass is 19.4. The summed E-state index contributed by atoms with van der Waals surface area (Å²) >= 11 is 0. The fourth-order valence-corrected chi connectivity index (χ4v) is 2.49. The van der Waals surface area contributed by atoms with Crippen LogP contribution in [-0.4, -0.2) is 25.2 Å². The zero-order chi connectivity index (χ0) is 14.9. The molecule has 7 heteroatoms. The number of amides is 1. The summed E-state index contributed by atoms with van der Waals surface area (Å²) in [7, 11) is 0. The van der Waals surface area contributed by atoms with E-state index >= 15 is 0 Å². The van der Waals surface area contributed by atoms with Gasteiger partial charge < -0.3 is 16.4 Å². The molecule has 1 aromatic carbocycles. The van der Waals surface area contributed by atoms with Crippen LogP contribution in [0.1, 0.15) is 23.2 Å². The summed E-state index contributed by atoms with van der Waals surface area (Å²) in [6.07, 6.45) is -4.08. The Morgan fingerprint density at radius 1 is 1.25 bits per heavy atom. The monoisotopic (exact) mass is 287 g/mol. The van der Waals surface area contributed by atoms with E-state index in [0.29, 0.717) is 5.69 Å². The number of primary amides is 1. The topological polar surface area (TPSA) is 72.4 Å². The number of para-hydroxylation sites is 1. The number of nitrogens with two attached hydrogens (primary N) is 2. The van der Waals surface area contributed by atoms with Crippen molar-refractivity contribution in [2.45, 2.75) is 19.0 Å². The maximum absolute atomic E-state index is 12.6. The van der Waals surface area contributed by atoms with E-state index in [-0.39, 0.29) is 37.2 Å². The van der Waals surface area contributed by atoms with Gasteiger partial charge in [-0.25, -0.2) is 0 Å². The molecule has 4 nitrogen and oxygen atoms in total. The van der Waals surface area contributed by atoms with Gasteiger partial charge in [0.1, 0.15) is 0 Å². The predicted molar refractivity (Wildman–Crippen MR) is 70.4 cm³/mol. The molecule has 20 heavy (non-hydrogen) atoms. The van der Waals surface area contributed by atoms with Crippen molar-refractivity contribution in [3.8, 4) is 0 Å². The van der Waals surface area contributed by atoms with Crippen molar-refractivity contribution in [2.75, 3.05) is 23.7 Å². The van der Waals surface area contributed by atoms with Gasteiger partial charge in [-0.3, -0.25) is 4.79 Å². The molecule has 1 heterocycles. The zero-order valence-electron chi connectivity index (χ0n) is 10.8. The maximum Gasteiger partial charge on any atom is 0.391 e. The standard InChI is InChI=1S/C13H16F3N3O/c14-13(15,16)8-4-6-19(7-5-8)10-3-1-2-9(11(10)17)12(18)20/h1-3,8H,4-7,17H2,(H2,18,20). The lowest BCUT2D eigenvalue weighted by Crippen LogP contribution is -2.39. The number of carbonyl (C=O) groups excluding carboxylic acids is 1. The van der Waals surface area contributed by atoms with Gasteiger partial charge in [-0.1, -0.05) is 6.07 Å². The van der Waals surface area contributed by atoms with E-state index in [1.807, 2.05) is 0 Å². The second-order valence-corrected chi connectivity index (χ2v) is 4.91. The van der Waals surface area contributed by atoms with Gasteiger partial charge in [0.25, 0.3) is 5.91 Å². The summed E-state index contributed by atoms with van der Waals surface area (Å²) in [6.45, 7) is 0.521. The van der Waals surface area contributed by atoms with Gasteiger partial charge in [0.15, 0.2) is 0 Å². The molecule has 1 aliphatic heterocycles. The van der Waals surface area contributed by atoms with Crippen LogP contribution in [0.15, 0.2) is 18.2 Å². The van der Waals surface area contributed by atoms with Crippen LogP contribution in [0.5, 0.6) is 0 Å². The molecule has 0 bridgehead atoms. The Labute approximate surface area is 114 Å². The van der Waals surface area contributed by atoms with Gasteiger partial charge in [0.2, 0.25) is 0 Å². The number of hydrogen-bond donors (Lipinski definition) is 2. The Morgan fingerprint density at radius 3 is 2.35 bits per heavy atom. The smallest absolute Gasteiger partial charge is 0.391 e. The third-order valence-corrected chi connectivity index (χ3v) is 3.65. The molecule has 2 rings (SSSR count). The van der Waals surface area contributed by atoms with Crippen LogP contribution in [0.2, 0.25) is 0 Å². The normalized spacial score (nSPS) is 17.2. The van der Waals surface area contributed by atoms with Crippen molar-refractivity contribution in [1.29, 1.82) is 0 Å². The average molecular weight is 287 g/mol. The second-order valence-electron chi connectivity index (χ2n) is 4.91. The van der Waals surface area contributed by atoms with Crippen LogP contribution in [-0.2, 0) is 0 Å². The first-order valence-electron chi connectivity index (χ1n) is 6.30. The quantitative estimate of drug-likeness (QED) is 0.819. The van der Waals surface area contributed by atoms with E-state index in [0.717, 1.165) is 0 Å². The van der Waals surface area contributed by atoms with E-state index in [2.05, 4.69) is 0 Å². The predicted octanol–water partition coefficient (Wildman–Crippen LogP) is 2.15. The summed E-state index contributed by atoms with van der Waals surface area (Å²) in [5.41, 5.74) is 12.1. The van der Waals surface area contributed by atoms with Gasteiger partial charge in [0.05, 0.1) is 22.9 Å². The Morgan fingerprint density at radius 2 is 1.85 bits per heavy atom. The molecule has 1 aliphatic rings. The lowest BCUT2D eigenvalue weighted by Gasteiger charge is -2.35. The number of anilines is 2. The number of nitrogens with zero attached hydrogens (tertiary/aromatic N) is 1. The molecule has 0 spiro atoms. The van der Waals surface area contributed by atoms with E-state index in [4.69, 9.17) is 11.5 Å². The highest BCUT2D eigenvalue weighted by Gasteiger charge is 2.41. The first-order chi connectivity index (χ1) is 9.30. The minimum absolute atomic E-state index is 0.0315. The number of carbonyl (C=O) groups is 1. The third kappa shape index (κ3) is 2.81. The first kappa shape index (κ1) is 14.5. The van der Waals surface area contributed by atoms with E-state index < -0.39 is 18.0 Å². The van der Waals surface area contributed by atoms with Crippen molar-refractivity contribution in [3.05, 3.63) is 23.8 Å². The van der Waals surface area contributed by atoms with Crippen LogP contribution in [0.4, 0.5) is 24.5 Å². The molecule has 0 aliphatic carbocycles. The maximum atomic E-state index is 12.6. The minimum Gasteiger partial charge on any atom is -0.396 e. The number of hydrogen-bond acceptors (Lipinski definition) is 3. The Kier molecular flexibility index (Phi) is 3.78. The molecule has 0 radical (unpaired) electrons. The molecule has 0 unspecified atom stereocenters. The van der Waals surface area contributed by atoms with Crippen LogP contribution in [0.3, 0.4) is 0 Å². The summed E-state index contributed by atoms with van der Waals surface area (Å²) in [5, 5.41) is 0. The van der Waals surface area contributed by atoms with Crippen LogP contribution in [0, 0.1) is 5.92 Å². The molecule has 110 valence electrons. The zero-order valence-corrected chi connectivity index (χ0v) is 10.8. The number of halogens is 3. The Hall–Kier alpha value is -1.92. The second kappa shape index (κ2) is 5.22. The fraction of sp³-hybridized carbons (Fsp3) is 0.462. The Balaban J connectivity index is 2.15. The Bertz CT molecular complexity index is 508. The number of alkyl halides is 3. The molecule has 4 N–H and O–H groups in total. The molecule has 1 fully saturated rings. The molecular weight excluding hydrogens is 271 g/mol. The van der Waals surface area contributed by atoms with Crippen LogP contribution < -0.4 is 16.4 Å². The van der Waals surface area contributed by atoms with Crippen LogP contribution >= 0.6 is 0 Å². The lowest BCUT2D eigenvalue weighted by atomic mass is 9.95. The molecule has 1 aromatic rings. The van der Waals surface area contributed by atoms with Gasteiger partial charge in [-0.05, 0) is 25.0 Å². The number of benzene rings is 1. The summed E-state index contributed by atoms with van der Waals surface area (Å²) < 4.78 is 37.8. The lowest BCUT2D eigenvalue weighted by molar-refractivity contribution is -0.179. The number of rotatable bonds is 2. The van der Waals surface area contributed by atoms with Gasteiger partial charge in [-0.15, -0.1) is 0 Å². The number of nitrogen functional groups attached to an aromatic ring is 1. The minimum atomic E-state index is -4.15. The fourth-order valence-electron chi connectivity index (χ4n) is 2.49. The molecule has 0 saturated carbocycles. The summed E-state index contributed by atoms with van der Waals surface area (Å²) in [5.74, 6) is -1.91. The SMILES string of the molecule is NC(=O)c1cccc(N2CCC(C(F)(F)F)CC2)c1N. The highest BCUT2D eigenvalue weighted by Crippen LogP contribution is 2.37. The molecule has 1 amide bonds. The third-order valence-electron chi connectivity index (χ3n) is 3.65. The van der Waals surface area contributed by atoms with Crippen molar-refractivity contribution in [1.82, 2.24) is 0 Å². The van der Waals surface area contributed by atoms with E-state index in [1.165, 1.54) is 6.07 Å². The van der Waals surface area contributed by atoms with Gasteiger partial charge in [-0.2, -0.15) is 13.2 Å². The van der Waals surface area contributed by atoms with Crippen LogP contribution in [0.25, 0.3) is 0 Å². The molecule has 0 aromatic heterocycles. The van der Waals surface area contributed by atoms with Gasteiger partial charge >= 0.3 is 6.18 Å². The molecule has 0 atom stereocenters. The first-order valence-corrected chi connectivity index (χ1v) is 6.30. The molecular formula is C13H16F3N3O. The van der Waals surface area contributed by atoms with E-state index in [9.17, 15) is 18.0 Å². The summed E-state index contributed by atoms with van der Waals surface area (Å²) in [6, 6.07) is 4.82. The van der Waals surface area contributed by atoms with Crippen molar-refractivity contribution >= 4 is 17.3 Å². The molecule has 1 saturated heterocycles. The highest BCUT2D eigenvalue weighted by molar-refractivity contribution is 6.00. The van der Waals surface area contributed by atoms with Gasteiger partial charge in [0, 0.05) is 13.1 Å². The van der Waals surface area contributed by atoms with Crippen molar-refractivity contribution in [3.63, 3.8) is 0 Å². The summed E-state index contributed by atoms with van der Waals surface area (Å²) in [4.78, 5) is 13.0.